The molecule has 1 heterocycles. The van der Waals surface area contributed by atoms with Crippen LogP contribution in [0.25, 0.3) is 0 Å². The number of nitrogens with zero attached hydrogens (tertiary/aromatic N) is 1. The average molecular weight is 197 g/mol. The minimum absolute atomic E-state index is 0.226. The first-order valence-corrected chi connectivity index (χ1v) is 3.63. The highest BCUT2D eigenvalue weighted by molar-refractivity contribution is 5.72. The molecule has 0 aliphatic rings. The normalized spacial score (nSPS) is 11.9. The fourth-order valence-electron chi connectivity index (χ4n) is 1.00. The van der Waals surface area contributed by atoms with Crippen molar-refractivity contribution in [1.82, 2.24) is 14.8 Å². The first kappa shape index (κ1) is 9.85. The molecule has 1 rings (SSSR count). The Morgan fingerprint density at radius 1 is 1.50 bits per heavy atom. The molecule has 74 valence electrons. The van der Waals surface area contributed by atoms with Gasteiger partial charge < -0.3 is 5.11 Å². The SMILES string of the molecule is C#CCC(C(=O)O)n1c(=O)[nH][nH]c1=O. The second-order valence-corrected chi connectivity index (χ2v) is 2.49. The van der Waals surface area contributed by atoms with Crippen LogP contribution in [0, 0.1) is 12.3 Å². The predicted octanol–water partition coefficient (Wildman–Crippen LogP) is -1.49. The number of carboxylic acid groups (broad SMARTS) is 1. The molecule has 1 aromatic rings. The minimum atomic E-state index is -1.33. The molecule has 0 saturated heterocycles. The Kier molecular flexibility index (Phi) is 2.57. The Bertz CT molecular complexity index is 459. The summed E-state index contributed by atoms with van der Waals surface area (Å²) in [7, 11) is 0. The smallest absolute Gasteiger partial charge is 0.345 e. The van der Waals surface area contributed by atoms with Crippen molar-refractivity contribution >= 4 is 5.97 Å². The van der Waals surface area contributed by atoms with E-state index in [4.69, 9.17) is 11.5 Å². The van der Waals surface area contributed by atoms with E-state index < -0.39 is 23.4 Å². The van der Waals surface area contributed by atoms with Gasteiger partial charge in [-0.3, -0.25) is 0 Å². The molecule has 7 nitrogen and oxygen atoms in total. The van der Waals surface area contributed by atoms with E-state index in [1.807, 2.05) is 10.2 Å². The fraction of sp³-hybridized carbons (Fsp3) is 0.286. The van der Waals surface area contributed by atoms with Crippen molar-refractivity contribution in [2.24, 2.45) is 0 Å². The highest BCUT2D eigenvalue weighted by Crippen LogP contribution is 2.04. The summed E-state index contributed by atoms with van der Waals surface area (Å²) in [6.45, 7) is 0. The second-order valence-electron chi connectivity index (χ2n) is 2.49. The molecule has 0 fully saturated rings. The zero-order chi connectivity index (χ0) is 10.7. The summed E-state index contributed by atoms with van der Waals surface area (Å²) in [5, 5.41) is 12.6. The number of carbonyl (C=O) groups is 1. The topological polar surface area (TPSA) is 108 Å². The third-order valence-electron chi connectivity index (χ3n) is 1.62. The van der Waals surface area contributed by atoms with Crippen LogP contribution in [0.4, 0.5) is 0 Å². The van der Waals surface area contributed by atoms with Crippen LogP contribution in [-0.4, -0.2) is 25.8 Å². The maximum absolute atomic E-state index is 11.0. The first-order chi connectivity index (χ1) is 6.57. The number of aromatic amines is 2. The molecule has 3 N–H and O–H groups in total. The summed E-state index contributed by atoms with van der Waals surface area (Å²) in [5.41, 5.74) is -1.64. The van der Waals surface area contributed by atoms with Gasteiger partial charge in [0.15, 0.2) is 6.04 Å². The molecule has 0 saturated carbocycles. The maximum atomic E-state index is 11.0. The molecule has 0 aromatic carbocycles. The fourth-order valence-corrected chi connectivity index (χ4v) is 1.00. The Labute approximate surface area is 77.4 Å². The van der Waals surface area contributed by atoms with E-state index in [0.717, 1.165) is 0 Å². The van der Waals surface area contributed by atoms with E-state index in [9.17, 15) is 14.4 Å². The maximum Gasteiger partial charge on any atom is 0.345 e. The molecule has 0 aliphatic carbocycles. The van der Waals surface area contributed by atoms with Crippen LogP contribution in [0.1, 0.15) is 12.5 Å². The molecule has 0 radical (unpaired) electrons. The van der Waals surface area contributed by atoms with Gasteiger partial charge in [0, 0.05) is 6.42 Å². The van der Waals surface area contributed by atoms with Gasteiger partial charge >= 0.3 is 17.3 Å². The van der Waals surface area contributed by atoms with Gasteiger partial charge in [0.05, 0.1) is 0 Å². The summed E-state index contributed by atoms with van der Waals surface area (Å²) in [5.74, 6) is 0.761. The van der Waals surface area contributed by atoms with Crippen LogP contribution in [0.5, 0.6) is 0 Å². The number of carboxylic acids is 1. The largest absolute Gasteiger partial charge is 0.480 e. The van der Waals surface area contributed by atoms with Crippen molar-refractivity contribution in [1.29, 1.82) is 0 Å². The van der Waals surface area contributed by atoms with E-state index in [-0.39, 0.29) is 6.42 Å². The van der Waals surface area contributed by atoms with Crippen LogP contribution >= 0.6 is 0 Å². The molecular weight excluding hydrogens is 190 g/mol. The van der Waals surface area contributed by atoms with E-state index in [0.29, 0.717) is 4.57 Å². The standard InChI is InChI=1S/C7H7N3O4/c1-2-3-4(5(11)12)10-6(13)8-9-7(10)14/h1,4H,3H2,(H,8,13)(H,9,14)(H,11,12). The van der Waals surface area contributed by atoms with Gasteiger partial charge in [-0.25, -0.2) is 29.1 Å². The molecular formula is C7H7N3O4. The van der Waals surface area contributed by atoms with Gasteiger partial charge in [-0.2, -0.15) is 0 Å². The Hall–Kier alpha value is -2.23. The minimum Gasteiger partial charge on any atom is -0.480 e. The number of rotatable bonds is 3. The lowest BCUT2D eigenvalue weighted by Gasteiger charge is -2.06. The summed E-state index contributed by atoms with van der Waals surface area (Å²) >= 11 is 0. The first-order valence-electron chi connectivity index (χ1n) is 3.63. The monoisotopic (exact) mass is 197 g/mol. The second kappa shape index (κ2) is 3.66. The number of terminal acetylenes is 1. The Morgan fingerprint density at radius 2 is 2.00 bits per heavy atom. The van der Waals surface area contributed by atoms with Gasteiger partial charge in [-0.1, -0.05) is 0 Å². The summed E-state index contributed by atoms with van der Waals surface area (Å²) in [6.07, 6.45) is 4.70. The van der Waals surface area contributed by atoms with E-state index in [2.05, 4.69) is 5.92 Å². The number of hydrogen-bond acceptors (Lipinski definition) is 3. The van der Waals surface area contributed by atoms with E-state index in [1.54, 1.807) is 0 Å². The third kappa shape index (κ3) is 1.59. The van der Waals surface area contributed by atoms with Crippen LogP contribution < -0.4 is 11.4 Å². The predicted molar refractivity (Wildman–Crippen MR) is 45.8 cm³/mol. The highest BCUT2D eigenvalue weighted by atomic mass is 16.4. The Morgan fingerprint density at radius 3 is 2.36 bits per heavy atom. The van der Waals surface area contributed by atoms with Gasteiger partial charge in [0.2, 0.25) is 0 Å². The lowest BCUT2D eigenvalue weighted by atomic mass is 10.2. The van der Waals surface area contributed by atoms with Crippen molar-refractivity contribution in [3.63, 3.8) is 0 Å². The highest BCUT2D eigenvalue weighted by Gasteiger charge is 2.22. The average Bonchev–Trinajstić information content (AvgIpc) is 2.43. The molecule has 0 amide bonds. The van der Waals surface area contributed by atoms with Crippen molar-refractivity contribution in [2.45, 2.75) is 12.5 Å². The van der Waals surface area contributed by atoms with E-state index >= 15 is 0 Å². The molecule has 1 atom stereocenters. The van der Waals surface area contributed by atoms with Crippen molar-refractivity contribution in [3.8, 4) is 12.3 Å². The molecule has 14 heavy (non-hydrogen) atoms. The molecule has 1 aromatic heterocycles. The lowest BCUT2D eigenvalue weighted by Crippen LogP contribution is -2.35. The number of aromatic nitrogens is 3. The number of H-pyrrole nitrogens is 2. The number of nitrogens with one attached hydrogen (secondary N) is 2. The van der Waals surface area contributed by atoms with Crippen molar-refractivity contribution in [2.75, 3.05) is 0 Å². The van der Waals surface area contributed by atoms with Crippen LogP contribution in [0.2, 0.25) is 0 Å². The lowest BCUT2D eigenvalue weighted by molar-refractivity contribution is -0.140. The van der Waals surface area contributed by atoms with Crippen molar-refractivity contribution < 1.29 is 9.90 Å². The molecule has 7 heteroatoms. The molecule has 0 spiro atoms. The summed E-state index contributed by atoms with van der Waals surface area (Å²) in [6, 6.07) is -1.33. The number of aliphatic carboxylic acids is 1. The molecule has 1 unspecified atom stereocenters. The zero-order valence-corrected chi connectivity index (χ0v) is 6.98. The summed E-state index contributed by atoms with van der Waals surface area (Å²) in [4.78, 5) is 32.7. The van der Waals surface area contributed by atoms with Gasteiger partial charge in [0.25, 0.3) is 0 Å². The molecule has 0 aliphatic heterocycles. The van der Waals surface area contributed by atoms with Crippen LogP contribution in [-0.2, 0) is 4.79 Å². The van der Waals surface area contributed by atoms with Crippen LogP contribution in [0.3, 0.4) is 0 Å². The number of hydrogen-bond donors (Lipinski definition) is 3. The summed E-state index contributed by atoms with van der Waals surface area (Å²) < 4.78 is 0.530. The van der Waals surface area contributed by atoms with Gasteiger partial charge in [0.1, 0.15) is 0 Å². The van der Waals surface area contributed by atoms with Crippen molar-refractivity contribution in [3.05, 3.63) is 21.0 Å². The quantitative estimate of drug-likeness (QED) is 0.513. The third-order valence-corrected chi connectivity index (χ3v) is 1.62. The van der Waals surface area contributed by atoms with E-state index in [1.165, 1.54) is 0 Å². The van der Waals surface area contributed by atoms with Gasteiger partial charge in [-0.05, 0) is 0 Å². The molecule has 0 bridgehead atoms. The van der Waals surface area contributed by atoms with Gasteiger partial charge in [-0.15, -0.1) is 12.3 Å². The Balaban J connectivity index is 3.26. The van der Waals surface area contributed by atoms with Crippen LogP contribution in [0.15, 0.2) is 9.59 Å². The zero-order valence-electron chi connectivity index (χ0n) is 6.98.